The first kappa shape index (κ1) is 22.9. The normalized spacial score (nSPS) is 13.8. The molecule has 8 heteroatoms. The summed E-state index contributed by atoms with van der Waals surface area (Å²) in [6, 6.07) is 17.3. The Kier molecular flexibility index (Phi) is 6.99. The Balaban J connectivity index is 1.44. The minimum Gasteiger partial charge on any atom is -0.457 e. The molecule has 0 aliphatic carbocycles. The smallest absolute Gasteiger partial charge is 0.317 e. The van der Waals surface area contributed by atoms with Crippen molar-refractivity contribution >= 4 is 23.3 Å². The average molecular weight is 469 g/mol. The van der Waals surface area contributed by atoms with Gasteiger partial charge in [0, 0.05) is 43.5 Å². The van der Waals surface area contributed by atoms with Crippen LogP contribution in [0.2, 0.25) is 5.15 Å². The minimum atomic E-state index is -0.305. The third kappa shape index (κ3) is 5.93. The van der Waals surface area contributed by atoms with Crippen molar-refractivity contribution < 1.29 is 13.9 Å². The molecule has 0 atom stereocenters. The summed E-state index contributed by atoms with van der Waals surface area (Å²) < 4.78 is 18.8. The molecule has 1 aliphatic heterocycles. The molecule has 0 radical (unpaired) electrons. The first-order valence-electron chi connectivity index (χ1n) is 10.9. The molecular weight excluding hydrogens is 443 g/mol. The van der Waals surface area contributed by atoms with Gasteiger partial charge in [0.05, 0.1) is 5.69 Å². The van der Waals surface area contributed by atoms with Gasteiger partial charge in [0.15, 0.2) is 0 Å². The number of rotatable bonds is 5. The van der Waals surface area contributed by atoms with Crippen molar-refractivity contribution in [3.63, 3.8) is 0 Å². The fourth-order valence-electron chi connectivity index (χ4n) is 3.65. The van der Waals surface area contributed by atoms with Crippen molar-refractivity contribution in [3.05, 3.63) is 71.6 Å². The Hall–Kier alpha value is -3.32. The maximum absolute atomic E-state index is 13.1. The molecule has 1 aromatic heterocycles. The van der Waals surface area contributed by atoms with E-state index in [2.05, 4.69) is 15.2 Å². The predicted octanol–water partition coefficient (Wildman–Crippen LogP) is 5.57. The van der Waals surface area contributed by atoms with E-state index in [0.717, 1.165) is 30.0 Å². The molecule has 1 N–H and O–H groups in total. The van der Waals surface area contributed by atoms with Crippen molar-refractivity contribution in [2.45, 2.75) is 19.9 Å². The third-order valence-electron chi connectivity index (χ3n) is 5.32. The van der Waals surface area contributed by atoms with Gasteiger partial charge in [-0.25, -0.2) is 14.2 Å². The molecule has 0 unspecified atom stereocenters. The molecule has 1 aliphatic rings. The van der Waals surface area contributed by atoms with Crippen molar-refractivity contribution in [2.24, 2.45) is 0 Å². The summed E-state index contributed by atoms with van der Waals surface area (Å²) in [6.07, 6.45) is 0. The Labute approximate surface area is 197 Å². The van der Waals surface area contributed by atoms with E-state index in [1.54, 1.807) is 12.1 Å². The van der Waals surface area contributed by atoms with Crippen LogP contribution in [-0.4, -0.2) is 48.1 Å². The summed E-state index contributed by atoms with van der Waals surface area (Å²) in [5.41, 5.74) is 2.63. The highest BCUT2D eigenvalue weighted by Gasteiger charge is 2.22. The maximum Gasteiger partial charge on any atom is 0.317 e. The van der Waals surface area contributed by atoms with Crippen LogP contribution in [0.5, 0.6) is 11.5 Å². The van der Waals surface area contributed by atoms with Gasteiger partial charge in [-0.15, -0.1) is 0 Å². The lowest BCUT2D eigenvalue weighted by Gasteiger charge is -2.36. The standard InChI is InChI=1S/C25H26ClFN4O2/c1-17(2)28-25(32)31-13-11-30(12-14-31)20-15-23(29-24(26)16-20)18-3-7-21(8-4-18)33-22-9-5-19(27)6-10-22/h3-10,15-17H,11-14H2,1-2H3,(H,28,32). The topological polar surface area (TPSA) is 57.7 Å². The Morgan fingerprint density at radius 3 is 2.21 bits per heavy atom. The Morgan fingerprint density at radius 1 is 1.00 bits per heavy atom. The number of halogens is 2. The van der Waals surface area contributed by atoms with E-state index >= 15 is 0 Å². The fourth-order valence-corrected chi connectivity index (χ4v) is 3.86. The van der Waals surface area contributed by atoms with Crippen LogP contribution in [0.15, 0.2) is 60.7 Å². The molecule has 2 aromatic carbocycles. The summed E-state index contributed by atoms with van der Waals surface area (Å²) in [4.78, 5) is 20.8. The van der Waals surface area contributed by atoms with Crippen molar-refractivity contribution in [1.29, 1.82) is 0 Å². The molecule has 0 spiro atoms. The number of nitrogens with one attached hydrogen (secondary N) is 1. The largest absolute Gasteiger partial charge is 0.457 e. The van der Waals surface area contributed by atoms with Crippen LogP contribution in [-0.2, 0) is 0 Å². The molecule has 3 aromatic rings. The molecule has 1 saturated heterocycles. The number of urea groups is 1. The van der Waals surface area contributed by atoms with Crippen molar-refractivity contribution in [2.75, 3.05) is 31.1 Å². The van der Waals surface area contributed by atoms with Crippen LogP contribution >= 0.6 is 11.6 Å². The second-order valence-electron chi connectivity index (χ2n) is 8.19. The first-order chi connectivity index (χ1) is 15.9. The number of anilines is 1. The second kappa shape index (κ2) is 10.1. The van der Waals surface area contributed by atoms with Gasteiger partial charge in [0.2, 0.25) is 0 Å². The summed E-state index contributed by atoms with van der Waals surface area (Å²) in [5.74, 6) is 0.901. The number of piperazine rings is 1. The van der Waals surface area contributed by atoms with Gasteiger partial charge in [-0.1, -0.05) is 11.6 Å². The fraction of sp³-hybridized carbons (Fsp3) is 0.280. The van der Waals surface area contributed by atoms with Crippen LogP contribution in [0.3, 0.4) is 0 Å². The van der Waals surface area contributed by atoms with E-state index < -0.39 is 0 Å². The predicted molar refractivity (Wildman–Crippen MR) is 129 cm³/mol. The Bertz CT molecular complexity index is 1100. The number of carbonyl (C=O) groups excluding carboxylic acids is 1. The molecular formula is C25H26ClFN4O2. The van der Waals surface area contributed by atoms with Crippen LogP contribution < -0.4 is 15.0 Å². The zero-order valence-electron chi connectivity index (χ0n) is 18.6. The number of amides is 2. The number of ether oxygens (including phenoxy) is 1. The summed E-state index contributed by atoms with van der Waals surface area (Å²) in [6.45, 7) is 6.63. The minimum absolute atomic E-state index is 0.0268. The lowest BCUT2D eigenvalue weighted by Crippen LogP contribution is -2.52. The van der Waals surface area contributed by atoms with E-state index in [1.807, 2.05) is 55.1 Å². The van der Waals surface area contributed by atoms with Crippen molar-refractivity contribution in [1.82, 2.24) is 15.2 Å². The first-order valence-corrected chi connectivity index (χ1v) is 11.3. The highest BCUT2D eigenvalue weighted by molar-refractivity contribution is 6.29. The van der Waals surface area contributed by atoms with Gasteiger partial charge >= 0.3 is 6.03 Å². The van der Waals surface area contributed by atoms with E-state index in [4.69, 9.17) is 16.3 Å². The number of hydrogen-bond donors (Lipinski definition) is 1. The number of hydrogen-bond acceptors (Lipinski definition) is 4. The van der Waals surface area contributed by atoms with Crippen molar-refractivity contribution in [3.8, 4) is 22.8 Å². The molecule has 2 heterocycles. The third-order valence-corrected chi connectivity index (χ3v) is 5.52. The molecule has 6 nitrogen and oxygen atoms in total. The number of nitrogens with zero attached hydrogens (tertiary/aromatic N) is 3. The number of aromatic nitrogens is 1. The van der Waals surface area contributed by atoms with Crippen LogP contribution in [0.1, 0.15) is 13.8 Å². The van der Waals surface area contributed by atoms with Gasteiger partial charge in [-0.3, -0.25) is 0 Å². The maximum atomic E-state index is 13.1. The average Bonchev–Trinajstić information content (AvgIpc) is 2.80. The number of carbonyl (C=O) groups is 1. The van der Waals surface area contributed by atoms with E-state index in [1.165, 1.54) is 12.1 Å². The van der Waals surface area contributed by atoms with E-state index in [-0.39, 0.29) is 17.9 Å². The lowest BCUT2D eigenvalue weighted by molar-refractivity contribution is 0.192. The zero-order valence-corrected chi connectivity index (χ0v) is 19.3. The SMILES string of the molecule is CC(C)NC(=O)N1CCN(c2cc(Cl)nc(-c3ccc(Oc4ccc(F)cc4)cc3)c2)CC1. The highest BCUT2D eigenvalue weighted by atomic mass is 35.5. The van der Waals surface area contributed by atoms with Gasteiger partial charge < -0.3 is 19.9 Å². The monoisotopic (exact) mass is 468 g/mol. The zero-order chi connectivity index (χ0) is 23.4. The van der Waals surface area contributed by atoms with Crippen LogP contribution in [0.25, 0.3) is 11.3 Å². The summed E-state index contributed by atoms with van der Waals surface area (Å²) in [5, 5.41) is 3.35. The lowest BCUT2D eigenvalue weighted by atomic mass is 10.1. The number of pyridine rings is 1. The highest BCUT2D eigenvalue weighted by Crippen LogP contribution is 2.29. The van der Waals surface area contributed by atoms with Gasteiger partial charge in [0.25, 0.3) is 0 Å². The van der Waals surface area contributed by atoms with Crippen LogP contribution in [0, 0.1) is 5.82 Å². The molecule has 172 valence electrons. The summed E-state index contributed by atoms with van der Waals surface area (Å²) in [7, 11) is 0. The Morgan fingerprint density at radius 2 is 1.61 bits per heavy atom. The quantitative estimate of drug-likeness (QED) is 0.497. The van der Waals surface area contributed by atoms with Gasteiger partial charge in [-0.05, 0) is 74.5 Å². The molecule has 33 heavy (non-hydrogen) atoms. The van der Waals surface area contributed by atoms with Gasteiger partial charge in [-0.2, -0.15) is 0 Å². The van der Waals surface area contributed by atoms with Crippen LogP contribution in [0.4, 0.5) is 14.9 Å². The van der Waals surface area contributed by atoms with Gasteiger partial charge in [0.1, 0.15) is 22.5 Å². The second-order valence-corrected chi connectivity index (χ2v) is 8.58. The molecule has 0 bridgehead atoms. The molecule has 1 fully saturated rings. The summed E-state index contributed by atoms with van der Waals surface area (Å²) >= 11 is 6.34. The van der Waals surface area contributed by atoms with E-state index in [9.17, 15) is 9.18 Å². The number of benzene rings is 2. The molecule has 4 rings (SSSR count). The molecule has 2 amide bonds. The van der Waals surface area contributed by atoms with E-state index in [0.29, 0.717) is 29.7 Å². The molecule has 0 saturated carbocycles.